The number of rotatable bonds is 9. The van der Waals surface area contributed by atoms with E-state index in [2.05, 4.69) is 5.32 Å². The molecule has 0 heterocycles. The molecule has 2 aromatic rings. The lowest BCUT2D eigenvalue weighted by atomic mass is 10.2. The van der Waals surface area contributed by atoms with Crippen molar-refractivity contribution in [3.05, 3.63) is 53.1 Å². The standard InChI is InChI=1S/C22H28ClN3O5S/c1-6-26(14-21(27)24-15(2)3)22(28)19-13-18(11-12-20(19)23)32(29,30)25(4)16-7-9-17(31-5)10-8-16/h7-13,15H,6,14H2,1-5H3,(H,24,27). The zero-order valence-electron chi connectivity index (χ0n) is 18.8. The van der Waals surface area contributed by atoms with Crippen molar-refractivity contribution in [2.24, 2.45) is 0 Å². The summed E-state index contributed by atoms with van der Waals surface area (Å²) < 4.78 is 32.6. The third-order valence-corrected chi connectivity index (χ3v) is 6.83. The van der Waals surface area contributed by atoms with Gasteiger partial charge in [-0.15, -0.1) is 0 Å². The van der Waals surface area contributed by atoms with Crippen molar-refractivity contribution in [2.75, 3.05) is 31.6 Å². The summed E-state index contributed by atoms with van der Waals surface area (Å²) in [6.07, 6.45) is 0. The molecule has 0 atom stereocenters. The van der Waals surface area contributed by atoms with E-state index in [9.17, 15) is 18.0 Å². The van der Waals surface area contributed by atoms with Crippen molar-refractivity contribution in [3.8, 4) is 5.75 Å². The van der Waals surface area contributed by atoms with Gasteiger partial charge in [-0.3, -0.25) is 13.9 Å². The minimum atomic E-state index is -3.97. The van der Waals surface area contributed by atoms with Crippen LogP contribution in [0.2, 0.25) is 5.02 Å². The van der Waals surface area contributed by atoms with E-state index < -0.39 is 15.9 Å². The number of benzene rings is 2. The molecule has 0 aliphatic heterocycles. The molecule has 0 saturated heterocycles. The van der Waals surface area contributed by atoms with Crippen molar-refractivity contribution in [2.45, 2.75) is 31.7 Å². The van der Waals surface area contributed by atoms with E-state index in [1.165, 1.54) is 37.3 Å². The SMILES string of the molecule is CCN(CC(=O)NC(C)C)C(=O)c1cc(S(=O)(=O)N(C)c2ccc(OC)cc2)ccc1Cl. The molecule has 8 nitrogen and oxygen atoms in total. The largest absolute Gasteiger partial charge is 0.497 e. The Bertz CT molecular complexity index is 1070. The minimum absolute atomic E-state index is 0.00932. The first kappa shape index (κ1) is 25.5. The molecule has 2 rings (SSSR count). The number of nitrogens with one attached hydrogen (secondary N) is 1. The smallest absolute Gasteiger partial charge is 0.264 e. The molecule has 2 aromatic carbocycles. The average Bonchev–Trinajstić information content (AvgIpc) is 2.76. The highest BCUT2D eigenvalue weighted by Crippen LogP contribution is 2.27. The van der Waals surface area contributed by atoms with Crippen LogP contribution in [0.5, 0.6) is 5.75 Å². The van der Waals surface area contributed by atoms with Crippen LogP contribution in [-0.2, 0) is 14.8 Å². The quantitative estimate of drug-likeness (QED) is 0.593. The second kappa shape index (κ2) is 10.7. The van der Waals surface area contributed by atoms with Crippen molar-refractivity contribution in [3.63, 3.8) is 0 Å². The number of hydrogen-bond acceptors (Lipinski definition) is 5. The van der Waals surface area contributed by atoms with E-state index >= 15 is 0 Å². The third-order valence-electron chi connectivity index (χ3n) is 4.72. The Kier molecular flexibility index (Phi) is 8.51. The van der Waals surface area contributed by atoms with Gasteiger partial charge in [0, 0.05) is 19.6 Å². The van der Waals surface area contributed by atoms with E-state index in [1.54, 1.807) is 31.2 Å². The summed E-state index contributed by atoms with van der Waals surface area (Å²) in [4.78, 5) is 26.4. The predicted octanol–water partition coefficient (Wildman–Crippen LogP) is 3.16. The number of hydrogen-bond donors (Lipinski definition) is 1. The fourth-order valence-corrected chi connectivity index (χ4v) is 4.38. The van der Waals surface area contributed by atoms with Crippen LogP contribution in [0.3, 0.4) is 0 Å². The maximum Gasteiger partial charge on any atom is 0.264 e. The maximum absolute atomic E-state index is 13.2. The van der Waals surface area contributed by atoms with Gasteiger partial charge in [-0.25, -0.2) is 8.42 Å². The number of carbonyl (C=O) groups is 2. The lowest BCUT2D eigenvalue weighted by Crippen LogP contribution is -2.42. The van der Waals surface area contributed by atoms with Crippen LogP contribution in [0.15, 0.2) is 47.4 Å². The van der Waals surface area contributed by atoms with Gasteiger partial charge in [0.1, 0.15) is 5.75 Å². The Balaban J connectivity index is 2.35. The molecule has 174 valence electrons. The second-order valence-corrected chi connectivity index (χ2v) is 9.73. The first-order valence-corrected chi connectivity index (χ1v) is 11.8. The topological polar surface area (TPSA) is 96.0 Å². The molecule has 10 heteroatoms. The normalized spacial score (nSPS) is 11.2. The molecule has 1 N–H and O–H groups in total. The molecule has 0 aliphatic carbocycles. The van der Waals surface area contributed by atoms with Crippen molar-refractivity contribution in [1.82, 2.24) is 10.2 Å². The van der Waals surface area contributed by atoms with Crippen LogP contribution < -0.4 is 14.4 Å². The van der Waals surface area contributed by atoms with Gasteiger partial charge < -0.3 is 15.0 Å². The molecule has 0 bridgehead atoms. The highest BCUT2D eigenvalue weighted by Gasteiger charge is 2.26. The zero-order valence-corrected chi connectivity index (χ0v) is 20.3. The predicted molar refractivity (Wildman–Crippen MR) is 125 cm³/mol. The Labute approximate surface area is 194 Å². The lowest BCUT2D eigenvalue weighted by Gasteiger charge is -2.23. The summed E-state index contributed by atoms with van der Waals surface area (Å²) in [6.45, 7) is 5.46. The summed E-state index contributed by atoms with van der Waals surface area (Å²) >= 11 is 6.22. The van der Waals surface area contributed by atoms with Gasteiger partial charge >= 0.3 is 0 Å². The molecule has 0 aromatic heterocycles. The van der Waals surface area contributed by atoms with Crippen LogP contribution in [0.1, 0.15) is 31.1 Å². The molecule has 2 amide bonds. The number of ether oxygens (including phenoxy) is 1. The van der Waals surface area contributed by atoms with Crippen LogP contribution in [-0.4, -0.2) is 58.4 Å². The molecule has 0 unspecified atom stereocenters. The molecule has 0 radical (unpaired) electrons. The molecule has 0 saturated carbocycles. The molecule has 0 fully saturated rings. The molecule has 0 aliphatic rings. The van der Waals surface area contributed by atoms with Gasteiger partial charge in [0.2, 0.25) is 5.91 Å². The van der Waals surface area contributed by atoms with Crippen LogP contribution in [0, 0.1) is 0 Å². The van der Waals surface area contributed by atoms with Crippen LogP contribution in [0.25, 0.3) is 0 Å². The molecular formula is C22H28ClN3O5S. The van der Waals surface area contributed by atoms with Gasteiger partial charge in [-0.05, 0) is 63.2 Å². The number of halogens is 1. The highest BCUT2D eigenvalue weighted by molar-refractivity contribution is 7.92. The van der Waals surface area contributed by atoms with Crippen molar-refractivity contribution < 1.29 is 22.7 Å². The Morgan fingerprint density at radius 3 is 2.28 bits per heavy atom. The summed E-state index contributed by atoms with van der Waals surface area (Å²) in [5.74, 6) is -0.241. The highest BCUT2D eigenvalue weighted by atomic mass is 35.5. The molecule has 32 heavy (non-hydrogen) atoms. The summed E-state index contributed by atoms with van der Waals surface area (Å²) in [6, 6.07) is 10.4. The van der Waals surface area contributed by atoms with E-state index in [4.69, 9.17) is 16.3 Å². The summed E-state index contributed by atoms with van der Waals surface area (Å²) in [5.41, 5.74) is 0.434. The Hall–Kier alpha value is -2.78. The first-order chi connectivity index (χ1) is 15.0. The van der Waals surface area contributed by atoms with Crippen LogP contribution in [0.4, 0.5) is 5.69 Å². The number of likely N-dealkylation sites (N-methyl/N-ethyl adjacent to an activating group) is 1. The van der Waals surface area contributed by atoms with E-state index in [1.807, 2.05) is 13.8 Å². The number of methoxy groups -OCH3 is 1. The van der Waals surface area contributed by atoms with E-state index in [-0.39, 0.29) is 40.5 Å². The number of sulfonamides is 1. The van der Waals surface area contributed by atoms with Crippen molar-refractivity contribution in [1.29, 1.82) is 0 Å². The summed E-state index contributed by atoms with van der Waals surface area (Å²) in [5, 5.41) is 2.83. The number of carbonyl (C=O) groups excluding carboxylic acids is 2. The van der Waals surface area contributed by atoms with Gasteiger partial charge in [0.05, 0.1) is 34.8 Å². The van der Waals surface area contributed by atoms with Crippen molar-refractivity contribution >= 4 is 39.1 Å². The van der Waals surface area contributed by atoms with E-state index in [0.717, 1.165) is 4.31 Å². The zero-order chi connectivity index (χ0) is 24.1. The lowest BCUT2D eigenvalue weighted by molar-refractivity contribution is -0.122. The van der Waals surface area contributed by atoms with Crippen LogP contribution >= 0.6 is 11.6 Å². The maximum atomic E-state index is 13.2. The fraction of sp³-hybridized carbons (Fsp3) is 0.364. The summed E-state index contributed by atoms with van der Waals surface area (Å²) in [7, 11) is -1.03. The van der Waals surface area contributed by atoms with Gasteiger partial charge in [0.15, 0.2) is 0 Å². The Morgan fingerprint density at radius 1 is 1.12 bits per heavy atom. The number of nitrogens with zero attached hydrogens (tertiary/aromatic N) is 2. The monoisotopic (exact) mass is 481 g/mol. The minimum Gasteiger partial charge on any atom is -0.497 e. The second-order valence-electron chi connectivity index (χ2n) is 7.35. The fourth-order valence-electron chi connectivity index (χ4n) is 2.96. The number of amides is 2. The van der Waals surface area contributed by atoms with E-state index in [0.29, 0.717) is 11.4 Å². The third kappa shape index (κ3) is 5.92. The van der Waals surface area contributed by atoms with Gasteiger partial charge in [-0.2, -0.15) is 0 Å². The van der Waals surface area contributed by atoms with Gasteiger partial charge in [0.25, 0.3) is 15.9 Å². The average molecular weight is 482 g/mol. The number of anilines is 1. The van der Waals surface area contributed by atoms with Gasteiger partial charge in [-0.1, -0.05) is 11.6 Å². The first-order valence-electron chi connectivity index (χ1n) is 10.0. The Morgan fingerprint density at radius 2 is 1.75 bits per heavy atom. The molecular weight excluding hydrogens is 454 g/mol. The molecule has 0 spiro atoms.